The van der Waals surface area contributed by atoms with Gasteiger partial charge in [0.2, 0.25) is 5.91 Å². The molecular weight excluding hydrogens is 202 g/mol. The van der Waals surface area contributed by atoms with E-state index < -0.39 is 0 Å². The highest BCUT2D eigenvalue weighted by Crippen LogP contribution is 2.57. The number of para-hydroxylation sites is 1. The molecule has 0 heterocycles. The lowest BCUT2D eigenvalue weighted by Crippen LogP contribution is -2.16. The quantitative estimate of drug-likeness (QED) is 0.788. The summed E-state index contributed by atoms with van der Waals surface area (Å²) < 4.78 is 0. The zero-order valence-electron chi connectivity index (χ0n) is 9.44. The van der Waals surface area contributed by atoms with Crippen molar-refractivity contribution < 1.29 is 9.59 Å². The van der Waals surface area contributed by atoms with Crippen LogP contribution in [0.15, 0.2) is 30.3 Å². The van der Waals surface area contributed by atoms with Crippen molar-refractivity contribution >= 4 is 17.9 Å². The third-order valence-electron chi connectivity index (χ3n) is 3.38. The van der Waals surface area contributed by atoms with Gasteiger partial charge in [0.1, 0.15) is 6.29 Å². The van der Waals surface area contributed by atoms with Crippen LogP contribution in [0.25, 0.3) is 0 Å². The van der Waals surface area contributed by atoms with Gasteiger partial charge in [-0.15, -0.1) is 0 Å². The molecule has 1 aliphatic rings. The summed E-state index contributed by atoms with van der Waals surface area (Å²) in [5.41, 5.74) is 0.584. The van der Waals surface area contributed by atoms with Gasteiger partial charge >= 0.3 is 0 Å². The molecule has 1 aliphatic carbocycles. The van der Waals surface area contributed by atoms with Crippen molar-refractivity contribution in [1.29, 1.82) is 0 Å². The van der Waals surface area contributed by atoms with Crippen molar-refractivity contribution in [2.24, 2.45) is 17.3 Å². The van der Waals surface area contributed by atoms with Crippen LogP contribution in [0.1, 0.15) is 13.8 Å². The second kappa shape index (κ2) is 3.74. The third-order valence-corrected chi connectivity index (χ3v) is 3.38. The fourth-order valence-corrected chi connectivity index (χ4v) is 2.17. The molecule has 2 rings (SSSR count). The number of hydrogen-bond donors (Lipinski definition) is 1. The summed E-state index contributed by atoms with van der Waals surface area (Å²) in [7, 11) is 0. The van der Waals surface area contributed by atoms with Crippen molar-refractivity contribution in [3.8, 4) is 0 Å². The minimum atomic E-state index is -0.194. The summed E-state index contributed by atoms with van der Waals surface area (Å²) in [5.74, 6) is -0.394. The Hall–Kier alpha value is -1.64. The minimum Gasteiger partial charge on any atom is -0.326 e. The molecule has 1 aromatic carbocycles. The Morgan fingerprint density at radius 2 is 1.94 bits per heavy atom. The van der Waals surface area contributed by atoms with E-state index >= 15 is 0 Å². The van der Waals surface area contributed by atoms with Crippen molar-refractivity contribution in [2.45, 2.75) is 13.8 Å². The van der Waals surface area contributed by atoms with Gasteiger partial charge < -0.3 is 10.1 Å². The average Bonchev–Trinajstić information content (AvgIpc) is 2.82. The second-order valence-electron chi connectivity index (χ2n) is 4.82. The van der Waals surface area contributed by atoms with Crippen molar-refractivity contribution in [3.63, 3.8) is 0 Å². The summed E-state index contributed by atoms with van der Waals surface area (Å²) in [5, 5.41) is 2.83. The normalized spacial score (nSPS) is 25.9. The van der Waals surface area contributed by atoms with Crippen LogP contribution in [-0.2, 0) is 9.59 Å². The third kappa shape index (κ3) is 1.73. The van der Waals surface area contributed by atoms with Crippen LogP contribution in [0, 0.1) is 17.3 Å². The molecule has 0 saturated heterocycles. The molecule has 1 amide bonds. The fraction of sp³-hybridized carbons (Fsp3) is 0.385. The van der Waals surface area contributed by atoms with E-state index in [1.165, 1.54) is 0 Å². The van der Waals surface area contributed by atoms with E-state index in [1.807, 2.05) is 44.2 Å². The van der Waals surface area contributed by atoms with Crippen LogP contribution in [0.2, 0.25) is 0 Å². The van der Waals surface area contributed by atoms with Gasteiger partial charge in [0, 0.05) is 11.6 Å². The first-order valence-corrected chi connectivity index (χ1v) is 5.38. The van der Waals surface area contributed by atoms with E-state index in [4.69, 9.17) is 0 Å². The maximum Gasteiger partial charge on any atom is 0.228 e. The van der Waals surface area contributed by atoms with Crippen molar-refractivity contribution in [1.82, 2.24) is 0 Å². The molecule has 16 heavy (non-hydrogen) atoms. The lowest BCUT2D eigenvalue weighted by atomic mass is 10.1. The predicted octanol–water partition coefficient (Wildman–Crippen LogP) is 2.10. The van der Waals surface area contributed by atoms with Crippen LogP contribution in [-0.4, -0.2) is 12.2 Å². The van der Waals surface area contributed by atoms with Crippen LogP contribution >= 0.6 is 0 Å². The Morgan fingerprint density at radius 3 is 2.44 bits per heavy atom. The van der Waals surface area contributed by atoms with Crippen molar-refractivity contribution in [2.75, 3.05) is 5.32 Å². The van der Waals surface area contributed by atoms with Crippen LogP contribution in [0.4, 0.5) is 5.69 Å². The minimum absolute atomic E-state index is 0.0618. The highest BCUT2D eigenvalue weighted by molar-refractivity contribution is 5.98. The van der Waals surface area contributed by atoms with E-state index in [9.17, 15) is 9.59 Å². The van der Waals surface area contributed by atoms with Crippen LogP contribution in [0.5, 0.6) is 0 Å². The number of anilines is 1. The lowest BCUT2D eigenvalue weighted by Gasteiger charge is -2.05. The monoisotopic (exact) mass is 217 g/mol. The molecule has 0 bridgehead atoms. The summed E-state index contributed by atoms with van der Waals surface area (Å²) in [4.78, 5) is 22.7. The smallest absolute Gasteiger partial charge is 0.228 e. The molecule has 1 fully saturated rings. The number of amides is 1. The number of benzene rings is 1. The fourth-order valence-electron chi connectivity index (χ4n) is 2.17. The number of hydrogen-bond acceptors (Lipinski definition) is 2. The van der Waals surface area contributed by atoms with Gasteiger partial charge in [-0.3, -0.25) is 4.79 Å². The number of carbonyl (C=O) groups is 2. The van der Waals surface area contributed by atoms with E-state index in [2.05, 4.69) is 5.32 Å². The first-order valence-electron chi connectivity index (χ1n) is 5.38. The summed E-state index contributed by atoms with van der Waals surface area (Å²) in [6.45, 7) is 3.89. The van der Waals surface area contributed by atoms with Gasteiger partial charge in [-0.25, -0.2) is 0 Å². The Balaban J connectivity index is 2.04. The Morgan fingerprint density at radius 1 is 1.31 bits per heavy atom. The van der Waals surface area contributed by atoms with E-state index in [0.29, 0.717) is 0 Å². The molecule has 3 heteroatoms. The summed E-state index contributed by atoms with van der Waals surface area (Å²) in [6, 6.07) is 9.30. The molecule has 0 radical (unpaired) electrons. The molecule has 2 atom stereocenters. The Kier molecular flexibility index (Phi) is 2.54. The molecule has 0 unspecified atom stereocenters. The molecule has 1 saturated carbocycles. The molecule has 1 N–H and O–H groups in total. The molecule has 0 spiro atoms. The topological polar surface area (TPSA) is 46.2 Å². The van der Waals surface area contributed by atoms with Gasteiger partial charge in [0.15, 0.2) is 0 Å². The highest BCUT2D eigenvalue weighted by atomic mass is 16.2. The maximum atomic E-state index is 11.9. The van der Waals surface area contributed by atoms with Gasteiger partial charge in [-0.05, 0) is 17.5 Å². The van der Waals surface area contributed by atoms with Gasteiger partial charge in [-0.1, -0.05) is 32.0 Å². The zero-order valence-corrected chi connectivity index (χ0v) is 9.44. The average molecular weight is 217 g/mol. The van der Waals surface area contributed by atoms with E-state index in [1.54, 1.807) is 0 Å². The Bertz CT molecular complexity index is 411. The molecule has 84 valence electrons. The van der Waals surface area contributed by atoms with E-state index in [-0.39, 0.29) is 23.2 Å². The molecule has 0 aromatic heterocycles. The van der Waals surface area contributed by atoms with E-state index in [0.717, 1.165) is 12.0 Å². The SMILES string of the molecule is CC1(C)[C@H](C(=O)Nc2ccccc2)[C@@H]1C=O. The van der Waals surface area contributed by atoms with Gasteiger partial charge in [0.25, 0.3) is 0 Å². The maximum absolute atomic E-state index is 11.9. The second-order valence-corrected chi connectivity index (χ2v) is 4.82. The first kappa shape index (κ1) is 10.9. The number of aldehydes is 1. The standard InChI is InChI=1S/C13H15NO2/c1-13(2)10(8-15)11(13)12(16)14-9-6-4-3-5-7-9/h3-8,10-11H,1-2H3,(H,14,16)/t10-,11-/m0/s1. The number of nitrogens with one attached hydrogen (secondary N) is 1. The van der Waals surface area contributed by atoms with Gasteiger partial charge in [-0.2, -0.15) is 0 Å². The molecule has 3 nitrogen and oxygen atoms in total. The summed E-state index contributed by atoms with van der Waals surface area (Å²) >= 11 is 0. The highest BCUT2D eigenvalue weighted by Gasteiger charge is 2.61. The van der Waals surface area contributed by atoms with Crippen molar-refractivity contribution in [3.05, 3.63) is 30.3 Å². The number of carbonyl (C=O) groups excluding carboxylic acids is 2. The number of rotatable bonds is 3. The van der Waals surface area contributed by atoms with Gasteiger partial charge in [0.05, 0.1) is 5.92 Å². The zero-order chi connectivity index (χ0) is 11.8. The molecular formula is C13H15NO2. The predicted molar refractivity (Wildman–Crippen MR) is 61.9 cm³/mol. The lowest BCUT2D eigenvalue weighted by molar-refractivity contribution is -0.119. The molecule has 1 aromatic rings. The summed E-state index contributed by atoms with van der Waals surface area (Å²) in [6.07, 6.45) is 0.884. The largest absolute Gasteiger partial charge is 0.326 e. The molecule has 0 aliphatic heterocycles. The Labute approximate surface area is 94.9 Å². The first-order chi connectivity index (χ1) is 7.57. The van der Waals surface area contributed by atoms with Crippen LogP contribution in [0.3, 0.4) is 0 Å². The van der Waals surface area contributed by atoms with Crippen LogP contribution < -0.4 is 5.32 Å².